The van der Waals surface area contributed by atoms with Crippen molar-refractivity contribution in [3.63, 3.8) is 0 Å². The van der Waals surface area contributed by atoms with Gasteiger partial charge in [0.2, 0.25) is 10.0 Å². The van der Waals surface area contributed by atoms with Crippen molar-refractivity contribution in [1.29, 1.82) is 0 Å². The van der Waals surface area contributed by atoms with Crippen molar-refractivity contribution in [3.05, 3.63) is 35.4 Å². The number of nitrogens with zero attached hydrogens (tertiary/aromatic N) is 1. The smallest absolute Gasteiger partial charge is 0.212 e. The minimum Gasteiger partial charge on any atom is -0.299 e. The number of hydrogen-bond donors (Lipinski definition) is 1. The molecule has 0 radical (unpaired) electrons. The second-order valence-corrected chi connectivity index (χ2v) is 8.69. The maximum Gasteiger partial charge on any atom is 0.212 e. The molecular formula is C18H30N2O2S. The van der Waals surface area contributed by atoms with E-state index in [0.29, 0.717) is 0 Å². The molecule has 1 fully saturated rings. The molecule has 1 N–H and O–H groups in total. The first-order valence-electron chi connectivity index (χ1n) is 8.66. The summed E-state index contributed by atoms with van der Waals surface area (Å²) in [5.41, 5.74) is 2.69. The Morgan fingerprint density at radius 2 is 1.91 bits per heavy atom. The molecular weight excluding hydrogens is 308 g/mol. The van der Waals surface area contributed by atoms with Gasteiger partial charge in [-0.3, -0.25) is 4.90 Å². The first-order valence-corrected chi connectivity index (χ1v) is 10.3. The Morgan fingerprint density at radius 1 is 1.26 bits per heavy atom. The molecule has 1 aliphatic heterocycles. The highest BCUT2D eigenvalue weighted by molar-refractivity contribution is 7.89. The lowest BCUT2D eigenvalue weighted by atomic mass is 10.0. The zero-order valence-corrected chi connectivity index (χ0v) is 15.4. The van der Waals surface area contributed by atoms with Crippen molar-refractivity contribution in [2.75, 3.05) is 18.8 Å². The van der Waals surface area contributed by atoms with E-state index >= 15 is 0 Å². The Bertz CT molecular complexity index is 593. The minimum atomic E-state index is -3.14. The number of nitrogens with one attached hydrogen (secondary N) is 1. The molecule has 1 aromatic carbocycles. The van der Waals surface area contributed by atoms with Gasteiger partial charge in [-0.2, -0.15) is 0 Å². The van der Waals surface area contributed by atoms with Gasteiger partial charge >= 0.3 is 0 Å². The number of likely N-dealkylation sites (tertiary alicyclic amines) is 1. The summed E-state index contributed by atoms with van der Waals surface area (Å²) >= 11 is 0. The fourth-order valence-electron chi connectivity index (χ4n) is 3.03. The van der Waals surface area contributed by atoms with Gasteiger partial charge in [-0.1, -0.05) is 44.5 Å². The molecule has 1 aliphatic rings. The predicted octanol–water partition coefficient (Wildman–Crippen LogP) is 2.92. The van der Waals surface area contributed by atoms with Crippen molar-refractivity contribution in [1.82, 2.24) is 9.62 Å². The van der Waals surface area contributed by atoms with Crippen LogP contribution in [0.15, 0.2) is 24.3 Å². The topological polar surface area (TPSA) is 49.4 Å². The summed E-state index contributed by atoms with van der Waals surface area (Å²) in [6.45, 7) is 9.02. The summed E-state index contributed by atoms with van der Waals surface area (Å²) in [6, 6.07) is 8.56. The summed E-state index contributed by atoms with van der Waals surface area (Å²) in [6.07, 6.45) is 2.69. The summed E-state index contributed by atoms with van der Waals surface area (Å²) in [4.78, 5) is 2.42. The number of piperidine rings is 1. The first kappa shape index (κ1) is 18.4. The zero-order valence-electron chi connectivity index (χ0n) is 14.6. The second kappa shape index (κ2) is 8.27. The third-order valence-electron chi connectivity index (χ3n) is 4.79. The monoisotopic (exact) mass is 338 g/mol. The van der Waals surface area contributed by atoms with Gasteiger partial charge in [0.25, 0.3) is 0 Å². The number of sulfonamides is 1. The Morgan fingerprint density at radius 3 is 2.52 bits per heavy atom. The SMILES string of the molecule is CC[C@H](C)CS(=O)(=O)NC1CCN(Cc2ccccc2C)CC1. The van der Waals surface area contributed by atoms with Crippen molar-refractivity contribution >= 4 is 10.0 Å². The van der Waals surface area contributed by atoms with E-state index in [4.69, 9.17) is 0 Å². The lowest BCUT2D eigenvalue weighted by molar-refractivity contribution is 0.199. The predicted molar refractivity (Wildman–Crippen MR) is 95.9 cm³/mol. The molecule has 23 heavy (non-hydrogen) atoms. The van der Waals surface area contributed by atoms with Crippen LogP contribution in [-0.2, 0) is 16.6 Å². The van der Waals surface area contributed by atoms with Crippen LogP contribution in [0.5, 0.6) is 0 Å². The molecule has 0 unspecified atom stereocenters. The molecule has 4 nitrogen and oxygen atoms in total. The molecule has 2 rings (SSSR count). The maximum absolute atomic E-state index is 12.2. The summed E-state index contributed by atoms with van der Waals surface area (Å²) < 4.78 is 27.2. The van der Waals surface area contributed by atoms with Crippen molar-refractivity contribution in [2.24, 2.45) is 5.92 Å². The number of benzene rings is 1. The molecule has 0 bridgehead atoms. The van der Waals surface area contributed by atoms with Gasteiger partial charge in [0.1, 0.15) is 0 Å². The zero-order chi connectivity index (χ0) is 16.9. The molecule has 1 atom stereocenters. The Kier molecular flexibility index (Phi) is 6.62. The molecule has 0 spiro atoms. The average molecular weight is 339 g/mol. The summed E-state index contributed by atoms with van der Waals surface area (Å²) in [7, 11) is -3.14. The molecule has 130 valence electrons. The molecule has 1 saturated heterocycles. The highest BCUT2D eigenvalue weighted by Gasteiger charge is 2.24. The van der Waals surface area contributed by atoms with E-state index < -0.39 is 10.0 Å². The number of hydrogen-bond acceptors (Lipinski definition) is 3. The summed E-state index contributed by atoms with van der Waals surface area (Å²) in [5, 5.41) is 0. The Labute approximate surface area is 141 Å². The van der Waals surface area contributed by atoms with E-state index in [-0.39, 0.29) is 17.7 Å². The average Bonchev–Trinajstić information content (AvgIpc) is 2.50. The highest BCUT2D eigenvalue weighted by Crippen LogP contribution is 2.17. The minimum absolute atomic E-state index is 0.0946. The normalized spacial score (nSPS) is 18.9. The van der Waals surface area contributed by atoms with Gasteiger partial charge < -0.3 is 0 Å². The van der Waals surface area contributed by atoms with E-state index in [2.05, 4.69) is 40.8 Å². The van der Waals surface area contributed by atoms with Crippen LogP contribution in [-0.4, -0.2) is 38.2 Å². The summed E-state index contributed by atoms with van der Waals surface area (Å²) in [5.74, 6) is 0.459. The van der Waals surface area contributed by atoms with E-state index in [9.17, 15) is 8.42 Å². The Balaban J connectivity index is 1.81. The molecule has 0 saturated carbocycles. The number of rotatable bonds is 7. The molecule has 1 heterocycles. The van der Waals surface area contributed by atoms with Gasteiger partial charge in [-0.15, -0.1) is 0 Å². The van der Waals surface area contributed by atoms with E-state index in [0.717, 1.165) is 38.9 Å². The van der Waals surface area contributed by atoms with Gasteiger partial charge in [-0.25, -0.2) is 13.1 Å². The fraction of sp³-hybridized carbons (Fsp3) is 0.667. The Hall–Kier alpha value is -0.910. The van der Waals surface area contributed by atoms with Gasteiger partial charge in [-0.05, 0) is 36.8 Å². The van der Waals surface area contributed by atoms with Crippen LogP contribution in [0.3, 0.4) is 0 Å². The van der Waals surface area contributed by atoms with Crippen LogP contribution >= 0.6 is 0 Å². The van der Waals surface area contributed by atoms with E-state index in [1.165, 1.54) is 11.1 Å². The molecule has 0 amide bonds. The van der Waals surface area contributed by atoms with Crippen molar-refractivity contribution < 1.29 is 8.42 Å². The van der Waals surface area contributed by atoms with Crippen LogP contribution in [0.25, 0.3) is 0 Å². The molecule has 0 aliphatic carbocycles. The standard InChI is InChI=1S/C18H30N2O2S/c1-4-15(2)14-23(21,22)19-18-9-11-20(12-10-18)13-17-8-6-5-7-16(17)3/h5-8,15,18-19H,4,9-14H2,1-3H3/t15-/m0/s1. The van der Waals surface area contributed by atoms with Crippen LogP contribution in [0.1, 0.15) is 44.2 Å². The van der Waals surface area contributed by atoms with Crippen molar-refractivity contribution in [3.8, 4) is 0 Å². The van der Waals surface area contributed by atoms with E-state index in [1.807, 2.05) is 13.8 Å². The van der Waals surface area contributed by atoms with Crippen molar-refractivity contribution in [2.45, 2.75) is 52.6 Å². The van der Waals surface area contributed by atoms with Crippen LogP contribution < -0.4 is 4.72 Å². The van der Waals surface area contributed by atoms with Gasteiger partial charge in [0, 0.05) is 25.7 Å². The van der Waals surface area contributed by atoms with Gasteiger partial charge in [0.15, 0.2) is 0 Å². The largest absolute Gasteiger partial charge is 0.299 e. The van der Waals surface area contributed by atoms with Gasteiger partial charge in [0.05, 0.1) is 5.75 Å². The number of aryl methyl sites for hydroxylation is 1. The third-order valence-corrected chi connectivity index (χ3v) is 6.49. The van der Waals surface area contributed by atoms with Crippen LogP contribution in [0, 0.1) is 12.8 Å². The molecule has 0 aromatic heterocycles. The maximum atomic E-state index is 12.2. The molecule has 1 aromatic rings. The van der Waals surface area contributed by atoms with Crippen LogP contribution in [0.4, 0.5) is 0 Å². The highest BCUT2D eigenvalue weighted by atomic mass is 32.2. The van der Waals surface area contributed by atoms with E-state index in [1.54, 1.807) is 0 Å². The lowest BCUT2D eigenvalue weighted by Gasteiger charge is -2.32. The third kappa shape index (κ3) is 5.90. The fourth-order valence-corrected chi connectivity index (χ4v) is 4.86. The molecule has 5 heteroatoms. The van der Waals surface area contributed by atoms with Crippen LogP contribution in [0.2, 0.25) is 0 Å². The second-order valence-electron chi connectivity index (χ2n) is 6.89. The first-order chi connectivity index (χ1) is 10.9. The lowest BCUT2D eigenvalue weighted by Crippen LogP contribution is -2.45. The quantitative estimate of drug-likeness (QED) is 0.831.